The Morgan fingerprint density at radius 1 is 1.29 bits per heavy atom. The highest BCUT2D eigenvalue weighted by molar-refractivity contribution is 7.92. The zero-order valence-electron chi connectivity index (χ0n) is 13.8. The molecule has 0 radical (unpaired) electrons. The van der Waals surface area contributed by atoms with Gasteiger partial charge in [-0.05, 0) is 49.4 Å². The Morgan fingerprint density at radius 2 is 1.92 bits per heavy atom. The zero-order valence-corrected chi connectivity index (χ0v) is 15.4. The second kappa shape index (κ2) is 6.45. The molecule has 1 atom stereocenters. The van der Waals surface area contributed by atoms with Crippen LogP contribution in [0.25, 0.3) is 0 Å². The molecule has 1 aliphatic heterocycles. The van der Waals surface area contributed by atoms with Gasteiger partial charge in [0.15, 0.2) is 9.84 Å². The maximum absolute atomic E-state index is 12.7. The van der Waals surface area contributed by atoms with Gasteiger partial charge in [0.1, 0.15) is 0 Å². The van der Waals surface area contributed by atoms with Crippen molar-refractivity contribution in [2.24, 2.45) is 0 Å². The topological polar surface area (TPSA) is 118 Å². The first-order valence-electron chi connectivity index (χ1n) is 7.47. The third-order valence-corrected chi connectivity index (χ3v) is 7.79. The van der Waals surface area contributed by atoms with E-state index in [-0.39, 0.29) is 29.2 Å². The van der Waals surface area contributed by atoms with Crippen molar-refractivity contribution in [2.45, 2.75) is 44.6 Å². The lowest BCUT2D eigenvalue weighted by molar-refractivity contribution is -0.136. The van der Waals surface area contributed by atoms with E-state index >= 15 is 0 Å². The van der Waals surface area contributed by atoms with E-state index in [0.717, 1.165) is 5.56 Å². The molecule has 1 aromatic rings. The maximum atomic E-state index is 12.7. The van der Waals surface area contributed by atoms with E-state index in [0.29, 0.717) is 16.7 Å². The molecule has 0 amide bonds. The van der Waals surface area contributed by atoms with Gasteiger partial charge < -0.3 is 5.11 Å². The number of sulfone groups is 1. The summed E-state index contributed by atoms with van der Waals surface area (Å²) in [6, 6.07) is 0.994. The monoisotopic (exact) mass is 375 g/mol. The molecule has 1 heterocycles. The molecule has 1 fully saturated rings. The third kappa shape index (κ3) is 3.96. The van der Waals surface area contributed by atoms with Gasteiger partial charge in [0, 0.05) is 6.04 Å². The lowest BCUT2D eigenvalue weighted by Gasteiger charge is -2.19. The van der Waals surface area contributed by atoms with Gasteiger partial charge >= 0.3 is 5.97 Å². The van der Waals surface area contributed by atoms with Crippen molar-refractivity contribution in [2.75, 3.05) is 11.5 Å². The van der Waals surface area contributed by atoms with Crippen molar-refractivity contribution >= 4 is 25.8 Å². The minimum absolute atomic E-state index is 0.0314. The number of carbonyl (C=O) groups is 1. The van der Waals surface area contributed by atoms with E-state index in [1.165, 1.54) is 0 Å². The molecule has 134 valence electrons. The van der Waals surface area contributed by atoms with Gasteiger partial charge in [0.2, 0.25) is 10.0 Å². The van der Waals surface area contributed by atoms with E-state index in [1.54, 1.807) is 26.8 Å². The first-order chi connectivity index (χ1) is 10.9. The van der Waals surface area contributed by atoms with Gasteiger partial charge in [-0.1, -0.05) is 6.07 Å². The number of nitrogens with one attached hydrogen (secondary N) is 1. The SMILES string of the molecule is Cc1cc(C)c(S(=O)(=O)NC2CCS(=O)(=O)C2)c(C)c1CC(=O)O. The number of carboxylic acid groups (broad SMARTS) is 1. The molecule has 0 spiro atoms. The molecule has 0 aromatic heterocycles. The normalized spacial score (nSPS) is 20.2. The van der Waals surface area contributed by atoms with Gasteiger partial charge in [0.05, 0.1) is 22.8 Å². The molecule has 0 bridgehead atoms. The minimum atomic E-state index is -3.94. The summed E-state index contributed by atoms with van der Waals surface area (Å²) in [5.41, 5.74) is 2.08. The van der Waals surface area contributed by atoms with Crippen molar-refractivity contribution in [1.29, 1.82) is 0 Å². The van der Waals surface area contributed by atoms with Crippen molar-refractivity contribution in [3.05, 3.63) is 28.3 Å². The predicted molar refractivity (Wildman–Crippen MR) is 89.4 cm³/mol. The van der Waals surface area contributed by atoms with Gasteiger partial charge in [0.25, 0.3) is 0 Å². The van der Waals surface area contributed by atoms with Crippen molar-refractivity contribution in [3.8, 4) is 0 Å². The average Bonchev–Trinajstić information content (AvgIpc) is 2.72. The number of hydrogen-bond donors (Lipinski definition) is 2. The van der Waals surface area contributed by atoms with Crippen LogP contribution in [0.3, 0.4) is 0 Å². The maximum Gasteiger partial charge on any atom is 0.307 e. The second-order valence-electron chi connectivity index (χ2n) is 6.23. The fraction of sp³-hybridized carbons (Fsp3) is 0.533. The number of benzene rings is 1. The van der Waals surface area contributed by atoms with Crippen LogP contribution in [0.2, 0.25) is 0 Å². The molecular formula is C15H21NO6S2. The molecule has 24 heavy (non-hydrogen) atoms. The quantitative estimate of drug-likeness (QED) is 0.782. The summed E-state index contributed by atoms with van der Waals surface area (Å²) in [6.07, 6.45) is -0.0220. The average molecular weight is 375 g/mol. The molecular weight excluding hydrogens is 354 g/mol. The molecule has 2 rings (SSSR count). The number of hydrogen-bond acceptors (Lipinski definition) is 5. The van der Waals surface area contributed by atoms with Crippen molar-refractivity contribution in [1.82, 2.24) is 4.72 Å². The Morgan fingerprint density at radius 3 is 2.42 bits per heavy atom. The molecule has 2 N–H and O–H groups in total. The first-order valence-corrected chi connectivity index (χ1v) is 10.8. The van der Waals surface area contributed by atoms with E-state index in [9.17, 15) is 21.6 Å². The van der Waals surface area contributed by atoms with Crippen LogP contribution in [-0.2, 0) is 31.1 Å². The van der Waals surface area contributed by atoms with Gasteiger partial charge in [-0.25, -0.2) is 21.6 Å². The number of rotatable bonds is 5. The number of carboxylic acids is 1. The molecule has 7 nitrogen and oxygen atoms in total. The van der Waals surface area contributed by atoms with Crippen LogP contribution in [-0.4, -0.2) is 45.5 Å². The molecule has 1 aromatic carbocycles. The van der Waals surface area contributed by atoms with Crippen LogP contribution in [0.1, 0.15) is 28.7 Å². The fourth-order valence-electron chi connectivity index (χ4n) is 3.21. The third-order valence-electron chi connectivity index (χ3n) is 4.21. The van der Waals surface area contributed by atoms with Gasteiger partial charge in [-0.15, -0.1) is 0 Å². The molecule has 0 saturated carbocycles. The van der Waals surface area contributed by atoms with Crippen LogP contribution in [0.15, 0.2) is 11.0 Å². The highest BCUT2D eigenvalue weighted by atomic mass is 32.2. The summed E-state index contributed by atoms with van der Waals surface area (Å²) < 4.78 is 51.0. The second-order valence-corrected chi connectivity index (χ2v) is 10.1. The Hall–Kier alpha value is -1.45. The molecule has 9 heteroatoms. The smallest absolute Gasteiger partial charge is 0.307 e. The van der Waals surface area contributed by atoms with Crippen LogP contribution in [0.5, 0.6) is 0 Å². The van der Waals surface area contributed by atoms with E-state index in [2.05, 4.69) is 4.72 Å². The zero-order chi connectivity index (χ0) is 18.3. The Labute approximate surface area is 142 Å². The van der Waals surface area contributed by atoms with Crippen LogP contribution in [0.4, 0.5) is 0 Å². The highest BCUT2D eigenvalue weighted by Gasteiger charge is 2.33. The Balaban J connectivity index is 2.45. The molecule has 1 unspecified atom stereocenters. The number of sulfonamides is 1. The standard InChI is InChI=1S/C15H21NO6S2/c1-9-6-10(2)15(11(3)13(9)7-14(17)18)24(21,22)16-12-4-5-23(19,20)8-12/h6,12,16H,4-5,7-8H2,1-3H3,(H,17,18). The summed E-state index contributed by atoms with van der Waals surface area (Å²) in [4.78, 5) is 11.1. The summed E-state index contributed by atoms with van der Waals surface area (Å²) >= 11 is 0. The van der Waals surface area contributed by atoms with E-state index < -0.39 is 31.9 Å². The summed E-state index contributed by atoms with van der Waals surface area (Å²) in [5.74, 6) is -1.28. The largest absolute Gasteiger partial charge is 0.481 e. The highest BCUT2D eigenvalue weighted by Crippen LogP contribution is 2.27. The van der Waals surface area contributed by atoms with E-state index in [4.69, 9.17) is 5.11 Å². The lowest BCUT2D eigenvalue weighted by Crippen LogP contribution is -2.36. The minimum Gasteiger partial charge on any atom is -0.481 e. The Bertz CT molecular complexity index is 887. The Kier molecular flexibility index (Phi) is 5.08. The molecule has 1 aliphatic rings. The van der Waals surface area contributed by atoms with Crippen LogP contribution in [0, 0.1) is 20.8 Å². The van der Waals surface area contributed by atoms with Crippen LogP contribution < -0.4 is 4.72 Å². The number of aliphatic carboxylic acids is 1. The summed E-state index contributed by atoms with van der Waals surface area (Å²) in [5, 5.41) is 9.03. The number of aryl methyl sites for hydroxylation is 2. The van der Waals surface area contributed by atoms with Crippen molar-refractivity contribution < 1.29 is 26.7 Å². The first kappa shape index (κ1) is 18.9. The lowest BCUT2D eigenvalue weighted by atomic mass is 9.97. The van der Waals surface area contributed by atoms with Crippen LogP contribution >= 0.6 is 0 Å². The molecule has 1 saturated heterocycles. The fourth-order valence-corrected chi connectivity index (χ4v) is 6.75. The van der Waals surface area contributed by atoms with E-state index in [1.807, 2.05) is 0 Å². The van der Waals surface area contributed by atoms with Gasteiger partial charge in [-0.3, -0.25) is 4.79 Å². The van der Waals surface area contributed by atoms with Gasteiger partial charge in [-0.2, -0.15) is 0 Å². The summed E-state index contributed by atoms with van der Waals surface area (Å²) in [7, 11) is -7.14. The molecule has 0 aliphatic carbocycles. The van der Waals surface area contributed by atoms with Crippen molar-refractivity contribution in [3.63, 3.8) is 0 Å². The predicted octanol–water partition coefficient (Wildman–Crippen LogP) is 0.704. The summed E-state index contributed by atoms with van der Waals surface area (Å²) in [6.45, 7) is 4.97.